The molecule has 0 aliphatic carbocycles. The molecule has 1 aliphatic rings. The molecule has 1 aromatic carbocycles. The van der Waals surface area contributed by atoms with Crippen LogP contribution in [0, 0.1) is 0 Å². The van der Waals surface area contributed by atoms with Crippen molar-refractivity contribution < 1.29 is 9.59 Å². The van der Waals surface area contributed by atoms with Gasteiger partial charge in [0.25, 0.3) is 0 Å². The number of rotatable bonds is 2. The van der Waals surface area contributed by atoms with Crippen LogP contribution in [0.2, 0.25) is 0 Å². The summed E-state index contributed by atoms with van der Waals surface area (Å²) in [5.41, 5.74) is 4.94. The summed E-state index contributed by atoms with van der Waals surface area (Å²) in [7, 11) is 0. The van der Waals surface area contributed by atoms with Crippen molar-refractivity contribution in [1.82, 2.24) is 5.43 Å². The molecule has 0 atom stereocenters. The van der Waals surface area contributed by atoms with Gasteiger partial charge in [-0.1, -0.05) is 6.07 Å². The van der Waals surface area contributed by atoms with E-state index in [0.717, 1.165) is 15.7 Å². The lowest BCUT2D eigenvalue weighted by Crippen LogP contribution is -2.25. The number of nitrogens with one attached hydrogen (secondary N) is 2. The minimum absolute atomic E-state index is 0.0623. The van der Waals surface area contributed by atoms with Crippen LogP contribution in [0.1, 0.15) is 25.3 Å². The van der Waals surface area contributed by atoms with Gasteiger partial charge in [0, 0.05) is 24.2 Å². The third kappa shape index (κ3) is 2.95. The lowest BCUT2D eigenvalue weighted by Gasteiger charge is -2.13. The maximum absolute atomic E-state index is 11.0. The van der Waals surface area contributed by atoms with Crippen molar-refractivity contribution in [2.75, 3.05) is 5.32 Å². The molecular weight excluding hydrogens is 298 g/mol. The highest BCUT2D eigenvalue weighted by Gasteiger charge is 2.14. The highest BCUT2D eigenvalue weighted by Crippen LogP contribution is 2.25. The molecular formula is C12H12BrN3O2. The Morgan fingerprint density at radius 1 is 1.44 bits per heavy atom. The van der Waals surface area contributed by atoms with Crippen LogP contribution in [0.15, 0.2) is 27.8 Å². The summed E-state index contributed by atoms with van der Waals surface area (Å²) in [6, 6.07) is 5.55. The second-order valence-electron chi connectivity index (χ2n) is 3.97. The van der Waals surface area contributed by atoms with Crippen molar-refractivity contribution in [3.8, 4) is 0 Å². The molecule has 2 amide bonds. The monoisotopic (exact) mass is 309 g/mol. The van der Waals surface area contributed by atoms with E-state index in [4.69, 9.17) is 0 Å². The first kappa shape index (κ1) is 12.8. The first-order valence-corrected chi connectivity index (χ1v) is 6.28. The van der Waals surface area contributed by atoms with E-state index in [1.54, 1.807) is 6.07 Å². The zero-order chi connectivity index (χ0) is 13.1. The maximum Gasteiger partial charge on any atom is 0.240 e. The third-order valence-electron chi connectivity index (χ3n) is 2.52. The zero-order valence-electron chi connectivity index (χ0n) is 9.79. The molecule has 5 nitrogen and oxygen atoms in total. The van der Waals surface area contributed by atoms with Gasteiger partial charge >= 0.3 is 0 Å². The fourth-order valence-electron chi connectivity index (χ4n) is 1.67. The van der Waals surface area contributed by atoms with Gasteiger partial charge in [0.1, 0.15) is 0 Å². The summed E-state index contributed by atoms with van der Waals surface area (Å²) in [6.07, 6.45) is 1.07. The molecule has 1 heterocycles. The largest absolute Gasteiger partial charge is 0.325 e. The number of hydrogen-bond acceptors (Lipinski definition) is 3. The van der Waals surface area contributed by atoms with E-state index in [1.165, 1.54) is 6.92 Å². The molecule has 0 spiro atoms. The molecule has 0 unspecified atom stereocenters. The fourth-order valence-corrected chi connectivity index (χ4v) is 2.15. The van der Waals surface area contributed by atoms with Gasteiger partial charge in [0.05, 0.1) is 11.4 Å². The molecule has 1 aliphatic heterocycles. The van der Waals surface area contributed by atoms with Gasteiger partial charge in [-0.3, -0.25) is 9.59 Å². The van der Waals surface area contributed by atoms with E-state index in [9.17, 15) is 9.59 Å². The van der Waals surface area contributed by atoms with Gasteiger partial charge in [-0.2, -0.15) is 5.10 Å². The van der Waals surface area contributed by atoms with Crippen LogP contribution in [0.4, 0.5) is 5.69 Å². The Labute approximate surface area is 113 Å². The Morgan fingerprint density at radius 2 is 2.22 bits per heavy atom. The summed E-state index contributed by atoms with van der Waals surface area (Å²) in [4.78, 5) is 22.0. The Bertz CT molecular complexity index is 540. The molecule has 0 fully saturated rings. The Kier molecular flexibility index (Phi) is 3.76. The van der Waals surface area contributed by atoms with Gasteiger partial charge < -0.3 is 5.32 Å². The van der Waals surface area contributed by atoms with Crippen LogP contribution in [0.25, 0.3) is 0 Å². The number of hydrogen-bond donors (Lipinski definition) is 2. The molecule has 0 saturated heterocycles. The van der Waals surface area contributed by atoms with Crippen LogP contribution in [0.5, 0.6) is 0 Å². The second kappa shape index (κ2) is 5.30. The lowest BCUT2D eigenvalue weighted by atomic mass is 10.0. The van der Waals surface area contributed by atoms with E-state index in [-0.39, 0.29) is 11.8 Å². The van der Waals surface area contributed by atoms with Gasteiger partial charge in [-0.05, 0) is 33.6 Å². The molecule has 1 aromatic rings. The highest BCUT2D eigenvalue weighted by molar-refractivity contribution is 9.10. The number of amides is 2. The molecule has 2 N–H and O–H groups in total. The third-order valence-corrected chi connectivity index (χ3v) is 3.17. The summed E-state index contributed by atoms with van der Waals surface area (Å²) in [5, 5.41) is 6.74. The van der Waals surface area contributed by atoms with Crippen LogP contribution < -0.4 is 10.7 Å². The quantitative estimate of drug-likeness (QED) is 0.877. The van der Waals surface area contributed by atoms with Crippen molar-refractivity contribution in [1.29, 1.82) is 0 Å². The van der Waals surface area contributed by atoms with Crippen molar-refractivity contribution >= 4 is 39.1 Å². The molecule has 0 aromatic heterocycles. The van der Waals surface area contributed by atoms with Gasteiger partial charge in [0.15, 0.2) is 0 Å². The van der Waals surface area contributed by atoms with Crippen LogP contribution in [-0.2, 0) is 9.59 Å². The zero-order valence-corrected chi connectivity index (χ0v) is 11.4. The van der Waals surface area contributed by atoms with Gasteiger partial charge in [0.2, 0.25) is 11.8 Å². The summed E-state index contributed by atoms with van der Waals surface area (Å²) < 4.78 is 0.787. The van der Waals surface area contributed by atoms with E-state index < -0.39 is 0 Å². The number of anilines is 1. The summed E-state index contributed by atoms with van der Waals surface area (Å²) in [5.74, 6) is -0.182. The van der Waals surface area contributed by atoms with E-state index in [0.29, 0.717) is 18.5 Å². The van der Waals surface area contributed by atoms with Crippen LogP contribution in [0.3, 0.4) is 0 Å². The highest BCUT2D eigenvalue weighted by atomic mass is 79.9. The maximum atomic E-state index is 11.0. The summed E-state index contributed by atoms with van der Waals surface area (Å²) >= 11 is 3.40. The molecule has 18 heavy (non-hydrogen) atoms. The minimum Gasteiger partial charge on any atom is -0.325 e. The normalized spacial score (nSPS) is 14.8. The fraction of sp³-hybridized carbons (Fsp3) is 0.250. The second-order valence-corrected chi connectivity index (χ2v) is 4.82. The number of carbonyl (C=O) groups is 2. The minimum atomic E-state index is -0.120. The number of benzene rings is 1. The molecule has 2 rings (SSSR count). The lowest BCUT2D eigenvalue weighted by molar-refractivity contribution is -0.121. The average molecular weight is 310 g/mol. The van der Waals surface area contributed by atoms with Crippen LogP contribution in [-0.4, -0.2) is 17.5 Å². The summed E-state index contributed by atoms with van der Waals surface area (Å²) in [6.45, 7) is 1.46. The van der Waals surface area contributed by atoms with Gasteiger partial charge in [-0.25, -0.2) is 5.43 Å². The predicted octanol–water partition coefficient (Wildman–Crippen LogP) is 2.02. The van der Waals surface area contributed by atoms with E-state index in [2.05, 4.69) is 31.8 Å². The average Bonchev–Trinajstić information content (AvgIpc) is 2.32. The number of carbonyl (C=O) groups excluding carboxylic acids is 2. The van der Waals surface area contributed by atoms with Crippen molar-refractivity contribution in [3.63, 3.8) is 0 Å². The standard InChI is InChI=1S/C12H12BrN3O2/c1-7(17)14-11-3-2-8(6-9(11)13)10-4-5-12(18)16-15-10/h2-3,6H,4-5H2,1H3,(H,14,17)(H,16,18). The topological polar surface area (TPSA) is 70.6 Å². The van der Waals surface area contributed by atoms with E-state index >= 15 is 0 Å². The van der Waals surface area contributed by atoms with Crippen LogP contribution >= 0.6 is 15.9 Å². The smallest absolute Gasteiger partial charge is 0.240 e. The van der Waals surface area contributed by atoms with E-state index in [1.807, 2.05) is 12.1 Å². The predicted molar refractivity (Wildman–Crippen MR) is 72.4 cm³/mol. The molecule has 94 valence electrons. The first-order valence-electron chi connectivity index (χ1n) is 5.49. The van der Waals surface area contributed by atoms with Crippen molar-refractivity contribution in [2.45, 2.75) is 19.8 Å². The molecule has 0 bridgehead atoms. The molecule has 6 heteroatoms. The first-order chi connectivity index (χ1) is 8.56. The number of halogens is 1. The Hall–Kier alpha value is -1.69. The molecule has 0 radical (unpaired) electrons. The Balaban J connectivity index is 2.23. The number of hydrazone groups is 1. The number of nitrogens with zero attached hydrogens (tertiary/aromatic N) is 1. The SMILES string of the molecule is CC(=O)Nc1ccc(C2=NNC(=O)CC2)cc1Br. The Morgan fingerprint density at radius 3 is 2.78 bits per heavy atom. The van der Waals surface area contributed by atoms with Crippen molar-refractivity contribution in [3.05, 3.63) is 28.2 Å². The molecule has 0 saturated carbocycles. The van der Waals surface area contributed by atoms with Crippen molar-refractivity contribution in [2.24, 2.45) is 5.10 Å². The van der Waals surface area contributed by atoms with Gasteiger partial charge in [-0.15, -0.1) is 0 Å².